The number of carbonyl (C=O) groups is 1. The van der Waals surface area contributed by atoms with Gasteiger partial charge < -0.3 is 16.0 Å². The minimum atomic E-state index is -0.556. The summed E-state index contributed by atoms with van der Waals surface area (Å²) in [6, 6.07) is 17.1. The lowest BCUT2D eigenvalue weighted by Gasteiger charge is -2.14. The van der Waals surface area contributed by atoms with Gasteiger partial charge in [-0.05, 0) is 43.8 Å². The Morgan fingerprint density at radius 2 is 1.67 bits per heavy atom. The molecule has 0 saturated carbocycles. The number of carbonyl (C=O) groups excluding carboxylic acids is 1. The fourth-order valence-electron chi connectivity index (χ4n) is 2.31. The van der Waals surface area contributed by atoms with Crippen molar-refractivity contribution in [2.24, 2.45) is 5.73 Å². The lowest BCUT2D eigenvalue weighted by molar-refractivity contribution is -0.117. The molecule has 0 saturated heterocycles. The van der Waals surface area contributed by atoms with Crippen molar-refractivity contribution in [1.82, 2.24) is 4.90 Å². The smallest absolute Gasteiger partial charge is 0.241 e. The van der Waals surface area contributed by atoms with Crippen LogP contribution in [0.15, 0.2) is 54.6 Å². The largest absolute Gasteiger partial charge is 0.325 e. The Balaban J connectivity index is 0.00000264. The maximum absolute atomic E-state index is 12.2. The summed E-state index contributed by atoms with van der Waals surface area (Å²) in [5.74, 6) is -0.161. The third-order valence-electron chi connectivity index (χ3n) is 3.33. The molecule has 0 aliphatic rings. The molecule has 3 N–H and O–H groups in total. The number of rotatable bonds is 6. The van der Waals surface area contributed by atoms with Gasteiger partial charge in [0.2, 0.25) is 5.91 Å². The van der Waals surface area contributed by atoms with Crippen LogP contribution < -0.4 is 11.1 Å². The van der Waals surface area contributed by atoms with Crippen molar-refractivity contribution in [3.8, 4) is 0 Å². The van der Waals surface area contributed by atoms with Crippen LogP contribution in [0.3, 0.4) is 0 Å². The lowest BCUT2D eigenvalue weighted by atomic mass is 10.1. The monoisotopic (exact) mass is 369 g/mol. The van der Waals surface area contributed by atoms with Gasteiger partial charge in [-0.15, -0.1) is 24.8 Å². The Kier molecular flexibility index (Phi) is 10.3. The maximum Gasteiger partial charge on any atom is 0.241 e. The second-order valence-electron chi connectivity index (χ2n) is 5.72. The summed E-state index contributed by atoms with van der Waals surface area (Å²) in [6.45, 7) is 0.833. The van der Waals surface area contributed by atoms with E-state index in [-0.39, 0.29) is 30.7 Å². The zero-order valence-electron chi connectivity index (χ0n) is 13.9. The number of nitrogens with zero attached hydrogens (tertiary/aromatic N) is 1. The molecule has 0 fully saturated rings. The number of hydrogen-bond donors (Lipinski definition) is 2. The summed E-state index contributed by atoms with van der Waals surface area (Å²) in [5.41, 5.74) is 8.99. The van der Waals surface area contributed by atoms with E-state index in [9.17, 15) is 4.79 Å². The van der Waals surface area contributed by atoms with Crippen LogP contribution in [-0.4, -0.2) is 30.9 Å². The van der Waals surface area contributed by atoms with E-state index in [4.69, 9.17) is 5.73 Å². The molecule has 0 aliphatic heterocycles. The Labute approximate surface area is 156 Å². The second kappa shape index (κ2) is 11.0. The predicted octanol–water partition coefficient (Wildman–Crippen LogP) is 3.10. The standard InChI is InChI=1S/C18H23N3O.2ClH/c1-21(2)13-15-9-6-10-16(11-15)20-18(22)17(19)12-14-7-4-3-5-8-14;;/h3-11,17H,12-13,19H2,1-2H3,(H,20,22);2*1H. The van der Waals surface area contributed by atoms with Gasteiger partial charge >= 0.3 is 0 Å². The van der Waals surface area contributed by atoms with Crippen molar-refractivity contribution in [2.75, 3.05) is 19.4 Å². The number of hydrogen-bond acceptors (Lipinski definition) is 3. The average Bonchev–Trinajstić information content (AvgIpc) is 2.48. The molecular weight excluding hydrogens is 345 g/mol. The molecule has 2 aromatic carbocycles. The van der Waals surface area contributed by atoms with E-state index in [2.05, 4.69) is 10.2 Å². The van der Waals surface area contributed by atoms with Crippen molar-refractivity contribution >= 4 is 36.4 Å². The molecule has 132 valence electrons. The van der Waals surface area contributed by atoms with E-state index in [0.29, 0.717) is 6.42 Å². The first-order chi connectivity index (χ1) is 10.5. The number of nitrogens with one attached hydrogen (secondary N) is 1. The molecule has 1 unspecified atom stereocenters. The molecule has 0 aliphatic carbocycles. The van der Waals surface area contributed by atoms with Crippen LogP contribution in [0.2, 0.25) is 0 Å². The van der Waals surface area contributed by atoms with Crippen LogP contribution in [0, 0.1) is 0 Å². The third kappa shape index (κ3) is 7.32. The van der Waals surface area contributed by atoms with Crippen molar-refractivity contribution < 1.29 is 4.79 Å². The summed E-state index contributed by atoms with van der Waals surface area (Å²) < 4.78 is 0. The van der Waals surface area contributed by atoms with E-state index in [1.54, 1.807) is 0 Å². The van der Waals surface area contributed by atoms with E-state index in [0.717, 1.165) is 23.4 Å². The fourth-order valence-corrected chi connectivity index (χ4v) is 2.31. The molecular formula is C18H25Cl2N3O. The SMILES string of the molecule is CN(C)Cc1cccc(NC(=O)C(N)Cc2ccccc2)c1.Cl.Cl. The van der Waals surface area contributed by atoms with Gasteiger partial charge in [0, 0.05) is 12.2 Å². The average molecular weight is 370 g/mol. The molecule has 1 amide bonds. The Hall–Kier alpha value is -1.59. The molecule has 0 aromatic heterocycles. The zero-order valence-corrected chi connectivity index (χ0v) is 15.6. The number of halogens is 2. The summed E-state index contributed by atoms with van der Waals surface area (Å²) in [5, 5.41) is 2.89. The van der Waals surface area contributed by atoms with Gasteiger partial charge in [0.1, 0.15) is 0 Å². The number of nitrogens with two attached hydrogens (primary N) is 1. The number of anilines is 1. The summed E-state index contributed by atoms with van der Waals surface area (Å²) in [4.78, 5) is 14.3. The van der Waals surface area contributed by atoms with E-state index in [1.807, 2.05) is 68.7 Å². The van der Waals surface area contributed by atoms with E-state index in [1.165, 1.54) is 0 Å². The minimum absolute atomic E-state index is 0. The molecule has 4 nitrogen and oxygen atoms in total. The summed E-state index contributed by atoms with van der Waals surface area (Å²) in [7, 11) is 4.03. The normalized spacial score (nSPS) is 11.2. The highest BCUT2D eigenvalue weighted by molar-refractivity contribution is 5.94. The van der Waals surface area contributed by atoms with Crippen molar-refractivity contribution in [3.05, 3.63) is 65.7 Å². The highest BCUT2D eigenvalue weighted by Gasteiger charge is 2.14. The molecule has 2 rings (SSSR count). The van der Waals surface area contributed by atoms with Gasteiger partial charge in [-0.2, -0.15) is 0 Å². The first-order valence-corrected chi connectivity index (χ1v) is 7.38. The summed E-state index contributed by atoms with van der Waals surface area (Å²) in [6.07, 6.45) is 0.532. The van der Waals surface area contributed by atoms with Gasteiger partial charge in [-0.25, -0.2) is 0 Å². The first kappa shape index (κ1) is 22.4. The first-order valence-electron chi connectivity index (χ1n) is 7.38. The van der Waals surface area contributed by atoms with Crippen LogP contribution in [-0.2, 0) is 17.8 Å². The molecule has 2 aromatic rings. The molecule has 0 radical (unpaired) electrons. The maximum atomic E-state index is 12.2. The number of benzene rings is 2. The van der Waals surface area contributed by atoms with Crippen LogP contribution in [0.25, 0.3) is 0 Å². The van der Waals surface area contributed by atoms with Crippen molar-refractivity contribution in [1.29, 1.82) is 0 Å². The van der Waals surface area contributed by atoms with Crippen LogP contribution in [0.5, 0.6) is 0 Å². The van der Waals surface area contributed by atoms with Crippen molar-refractivity contribution in [2.45, 2.75) is 19.0 Å². The quantitative estimate of drug-likeness (QED) is 0.822. The lowest BCUT2D eigenvalue weighted by Crippen LogP contribution is -2.37. The predicted molar refractivity (Wildman–Crippen MR) is 105 cm³/mol. The van der Waals surface area contributed by atoms with Crippen LogP contribution in [0.1, 0.15) is 11.1 Å². The van der Waals surface area contributed by atoms with Crippen LogP contribution >= 0.6 is 24.8 Å². The Bertz CT molecular complexity index is 621. The molecule has 0 bridgehead atoms. The van der Waals surface area contributed by atoms with Gasteiger partial charge in [-0.1, -0.05) is 42.5 Å². The molecule has 24 heavy (non-hydrogen) atoms. The van der Waals surface area contributed by atoms with Gasteiger partial charge in [-0.3, -0.25) is 4.79 Å². The highest BCUT2D eigenvalue weighted by atomic mass is 35.5. The minimum Gasteiger partial charge on any atom is -0.325 e. The van der Waals surface area contributed by atoms with E-state index < -0.39 is 6.04 Å². The molecule has 0 spiro atoms. The van der Waals surface area contributed by atoms with E-state index >= 15 is 0 Å². The molecule has 6 heteroatoms. The number of amides is 1. The topological polar surface area (TPSA) is 58.4 Å². The summed E-state index contributed by atoms with van der Waals surface area (Å²) >= 11 is 0. The molecule has 0 heterocycles. The van der Waals surface area contributed by atoms with Crippen molar-refractivity contribution in [3.63, 3.8) is 0 Å². The highest BCUT2D eigenvalue weighted by Crippen LogP contribution is 2.12. The zero-order chi connectivity index (χ0) is 15.9. The third-order valence-corrected chi connectivity index (χ3v) is 3.33. The van der Waals surface area contributed by atoms with Gasteiger partial charge in [0.15, 0.2) is 0 Å². The Morgan fingerprint density at radius 1 is 1.04 bits per heavy atom. The van der Waals surface area contributed by atoms with Crippen LogP contribution in [0.4, 0.5) is 5.69 Å². The van der Waals surface area contributed by atoms with Gasteiger partial charge in [0.25, 0.3) is 0 Å². The second-order valence-corrected chi connectivity index (χ2v) is 5.72. The van der Waals surface area contributed by atoms with Gasteiger partial charge in [0.05, 0.1) is 6.04 Å². The molecule has 1 atom stereocenters. The Morgan fingerprint density at radius 3 is 2.29 bits per heavy atom. The fraction of sp³-hybridized carbons (Fsp3) is 0.278.